The van der Waals surface area contributed by atoms with Crippen LogP contribution in [0.2, 0.25) is 0 Å². The standard InChI is InChI=1S/C12H15NO5S/c1-7-5-19-6-8(7)11(16)13-9(12(17)18)3-2-4-10(14)15/h5-6,9H,2-4H2,1H3,(H,13,16)(H,14,15)(H,17,18)/t9-/m1/s1. The molecule has 0 saturated carbocycles. The summed E-state index contributed by atoms with van der Waals surface area (Å²) in [7, 11) is 0. The van der Waals surface area contributed by atoms with Gasteiger partial charge >= 0.3 is 11.9 Å². The topological polar surface area (TPSA) is 104 Å². The zero-order valence-corrected chi connectivity index (χ0v) is 11.2. The van der Waals surface area contributed by atoms with Gasteiger partial charge in [-0.25, -0.2) is 4.79 Å². The first-order valence-corrected chi connectivity index (χ1v) is 6.64. The Morgan fingerprint density at radius 2 is 2.00 bits per heavy atom. The molecule has 19 heavy (non-hydrogen) atoms. The van der Waals surface area contributed by atoms with Crippen molar-refractivity contribution in [2.24, 2.45) is 0 Å². The molecular weight excluding hydrogens is 270 g/mol. The normalized spacial score (nSPS) is 11.8. The zero-order valence-electron chi connectivity index (χ0n) is 10.4. The van der Waals surface area contributed by atoms with Crippen LogP contribution in [0.4, 0.5) is 0 Å². The van der Waals surface area contributed by atoms with E-state index in [2.05, 4.69) is 5.32 Å². The van der Waals surface area contributed by atoms with E-state index in [1.54, 1.807) is 17.7 Å². The average Bonchev–Trinajstić information content (AvgIpc) is 2.73. The van der Waals surface area contributed by atoms with Crippen LogP contribution >= 0.6 is 11.3 Å². The van der Waals surface area contributed by atoms with Gasteiger partial charge in [-0.1, -0.05) is 0 Å². The van der Waals surface area contributed by atoms with Gasteiger partial charge in [0.15, 0.2) is 0 Å². The number of nitrogens with one attached hydrogen (secondary N) is 1. The quantitative estimate of drug-likeness (QED) is 0.704. The largest absolute Gasteiger partial charge is 0.481 e. The van der Waals surface area contributed by atoms with Crippen molar-refractivity contribution in [3.8, 4) is 0 Å². The van der Waals surface area contributed by atoms with Gasteiger partial charge in [0.1, 0.15) is 6.04 Å². The molecule has 7 heteroatoms. The number of aliphatic carboxylic acids is 2. The van der Waals surface area contributed by atoms with Gasteiger partial charge in [-0.2, -0.15) is 11.3 Å². The molecule has 1 heterocycles. The van der Waals surface area contributed by atoms with Crippen LogP contribution in [0.1, 0.15) is 35.2 Å². The van der Waals surface area contributed by atoms with Gasteiger partial charge in [-0.05, 0) is 30.7 Å². The van der Waals surface area contributed by atoms with Gasteiger partial charge in [0.25, 0.3) is 5.91 Å². The van der Waals surface area contributed by atoms with E-state index in [0.29, 0.717) is 5.56 Å². The number of carbonyl (C=O) groups excluding carboxylic acids is 1. The second-order valence-corrected chi connectivity index (χ2v) is 4.86. The molecular formula is C12H15NO5S. The summed E-state index contributed by atoms with van der Waals surface area (Å²) in [6, 6.07) is -1.06. The van der Waals surface area contributed by atoms with Crippen LogP contribution in [0.3, 0.4) is 0 Å². The maximum atomic E-state index is 11.9. The second-order valence-electron chi connectivity index (χ2n) is 4.12. The van der Waals surface area contributed by atoms with E-state index in [1.807, 2.05) is 0 Å². The van der Waals surface area contributed by atoms with Crippen molar-refractivity contribution in [3.05, 3.63) is 21.9 Å². The van der Waals surface area contributed by atoms with Crippen molar-refractivity contribution in [1.82, 2.24) is 5.32 Å². The van der Waals surface area contributed by atoms with Crippen molar-refractivity contribution in [1.29, 1.82) is 0 Å². The van der Waals surface area contributed by atoms with Crippen molar-refractivity contribution in [3.63, 3.8) is 0 Å². The molecule has 0 spiro atoms. The van der Waals surface area contributed by atoms with Gasteiger partial charge in [0.05, 0.1) is 5.56 Å². The second kappa shape index (κ2) is 6.89. The molecule has 6 nitrogen and oxygen atoms in total. The molecule has 1 amide bonds. The predicted octanol–water partition coefficient (Wildman–Crippen LogP) is 1.49. The lowest BCUT2D eigenvalue weighted by atomic mass is 10.1. The lowest BCUT2D eigenvalue weighted by Gasteiger charge is -2.13. The molecule has 0 aromatic carbocycles. The first kappa shape index (κ1) is 15.2. The fraction of sp³-hybridized carbons (Fsp3) is 0.417. The number of amides is 1. The summed E-state index contributed by atoms with van der Waals surface area (Å²) >= 11 is 1.37. The minimum Gasteiger partial charge on any atom is -0.481 e. The zero-order chi connectivity index (χ0) is 14.4. The maximum absolute atomic E-state index is 11.9. The molecule has 0 aliphatic heterocycles. The Labute approximate surface area is 114 Å². The highest BCUT2D eigenvalue weighted by molar-refractivity contribution is 7.08. The monoisotopic (exact) mass is 285 g/mol. The Kier molecular flexibility index (Phi) is 5.50. The van der Waals surface area contributed by atoms with Crippen LogP contribution in [-0.4, -0.2) is 34.1 Å². The van der Waals surface area contributed by atoms with Crippen molar-refractivity contribution >= 4 is 29.2 Å². The number of hydrogen-bond acceptors (Lipinski definition) is 4. The molecule has 3 N–H and O–H groups in total. The summed E-state index contributed by atoms with van der Waals surface area (Å²) in [5, 5.41) is 23.4. The summed E-state index contributed by atoms with van der Waals surface area (Å²) in [5.41, 5.74) is 1.24. The van der Waals surface area contributed by atoms with Crippen LogP contribution in [-0.2, 0) is 9.59 Å². The van der Waals surface area contributed by atoms with E-state index in [9.17, 15) is 14.4 Å². The molecule has 0 bridgehead atoms. The number of carboxylic acids is 2. The maximum Gasteiger partial charge on any atom is 0.326 e. The molecule has 1 aromatic heterocycles. The molecule has 104 valence electrons. The van der Waals surface area contributed by atoms with Crippen LogP contribution in [0, 0.1) is 6.92 Å². The lowest BCUT2D eigenvalue weighted by Crippen LogP contribution is -2.40. The van der Waals surface area contributed by atoms with E-state index in [0.717, 1.165) is 5.56 Å². The van der Waals surface area contributed by atoms with E-state index in [4.69, 9.17) is 10.2 Å². The van der Waals surface area contributed by atoms with Crippen LogP contribution in [0.5, 0.6) is 0 Å². The Bertz CT molecular complexity index is 482. The van der Waals surface area contributed by atoms with Crippen molar-refractivity contribution in [2.75, 3.05) is 0 Å². The molecule has 0 fully saturated rings. The summed E-state index contributed by atoms with van der Waals surface area (Å²) in [4.78, 5) is 33.2. The number of carboxylic acid groups (broad SMARTS) is 2. The molecule has 1 aromatic rings. The fourth-order valence-corrected chi connectivity index (χ4v) is 2.37. The highest BCUT2D eigenvalue weighted by Gasteiger charge is 2.21. The summed E-state index contributed by atoms with van der Waals surface area (Å²) < 4.78 is 0. The number of carbonyl (C=O) groups is 3. The molecule has 1 rings (SSSR count). The smallest absolute Gasteiger partial charge is 0.326 e. The third-order valence-corrected chi connectivity index (χ3v) is 3.45. The first-order valence-electron chi connectivity index (χ1n) is 5.70. The van der Waals surface area contributed by atoms with E-state index in [1.165, 1.54) is 11.3 Å². The number of thiophene rings is 1. The highest BCUT2D eigenvalue weighted by Crippen LogP contribution is 2.14. The minimum atomic E-state index is -1.16. The summed E-state index contributed by atoms with van der Waals surface area (Å²) in [6.07, 6.45) is 0.183. The van der Waals surface area contributed by atoms with Crippen LogP contribution in [0.25, 0.3) is 0 Å². The van der Waals surface area contributed by atoms with Crippen molar-refractivity contribution in [2.45, 2.75) is 32.2 Å². The lowest BCUT2D eigenvalue weighted by molar-refractivity contribution is -0.140. The third-order valence-electron chi connectivity index (χ3n) is 2.59. The number of rotatable bonds is 7. The SMILES string of the molecule is Cc1cscc1C(=O)N[C@H](CCCC(=O)O)C(=O)O. The van der Waals surface area contributed by atoms with Crippen LogP contribution < -0.4 is 5.32 Å². The highest BCUT2D eigenvalue weighted by atomic mass is 32.1. The Hall–Kier alpha value is -1.89. The van der Waals surface area contributed by atoms with Gasteiger partial charge in [0, 0.05) is 11.8 Å². The molecule has 0 radical (unpaired) electrons. The van der Waals surface area contributed by atoms with E-state index >= 15 is 0 Å². The predicted molar refractivity (Wildman–Crippen MR) is 69.4 cm³/mol. The average molecular weight is 285 g/mol. The van der Waals surface area contributed by atoms with Crippen molar-refractivity contribution < 1.29 is 24.6 Å². The molecule has 0 saturated heterocycles. The molecule has 0 aliphatic carbocycles. The van der Waals surface area contributed by atoms with E-state index < -0.39 is 23.9 Å². The fourth-order valence-electron chi connectivity index (χ4n) is 1.54. The summed E-state index contributed by atoms with van der Waals surface area (Å²) in [5.74, 6) is -2.59. The van der Waals surface area contributed by atoms with Gasteiger partial charge < -0.3 is 15.5 Å². The molecule has 0 aliphatic rings. The molecule has 1 atom stereocenters. The van der Waals surface area contributed by atoms with Gasteiger partial charge in [0.2, 0.25) is 0 Å². The van der Waals surface area contributed by atoms with Gasteiger partial charge in [-0.3, -0.25) is 9.59 Å². The number of aryl methyl sites for hydroxylation is 1. The van der Waals surface area contributed by atoms with Crippen LogP contribution in [0.15, 0.2) is 10.8 Å². The van der Waals surface area contributed by atoms with Gasteiger partial charge in [-0.15, -0.1) is 0 Å². The summed E-state index contributed by atoms with van der Waals surface area (Å²) in [6.45, 7) is 1.77. The minimum absolute atomic E-state index is 0.0938. The van der Waals surface area contributed by atoms with E-state index in [-0.39, 0.29) is 19.3 Å². The Balaban J connectivity index is 2.59. The third kappa shape index (κ3) is 4.70. The molecule has 0 unspecified atom stereocenters. The Morgan fingerprint density at radius 3 is 2.47 bits per heavy atom. The Morgan fingerprint density at radius 1 is 1.32 bits per heavy atom. The number of hydrogen-bond donors (Lipinski definition) is 3. The first-order chi connectivity index (χ1) is 8.91.